The van der Waals surface area contributed by atoms with Gasteiger partial charge in [0.25, 0.3) is 5.56 Å². The van der Waals surface area contributed by atoms with Crippen molar-refractivity contribution in [2.75, 3.05) is 13.7 Å². The van der Waals surface area contributed by atoms with Gasteiger partial charge in [0.2, 0.25) is 5.91 Å². The molecule has 134 valence electrons. The summed E-state index contributed by atoms with van der Waals surface area (Å²) in [4.78, 5) is 31.3. The fourth-order valence-electron chi connectivity index (χ4n) is 2.76. The number of hydrogen-bond acceptors (Lipinski definition) is 4. The molecule has 26 heavy (non-hydrogen) atoms. The number of H-pyrrole nitrogens is 1. The fraction of sp³-hybridized carbons (Fsp3) is 0.250. The number of aromatic nitrogens is 2. The third-order valence-electron chi connectivity index (χ3n) is 4.18. The second kappa shape index (κ2) is 8.29. The van der Waals surface area contributed by atoms with E-state index in [4.69, 9.17) is 4.74 Å². The molecule has 0 radical (unpaired) electrons. The number of aromatic amines is 1. The van der Waals surface area contributed by atoms with Crippen LogP contribution in [0.2, 0.25) is 0 Å². The number of fused-ring (bicyclic) bond motifs is 1. The second-order valence-electron chi connectivity index (χ2n) is 6.00. The van der Waals surface area contributed by atoms with E-state index in [2.05, 4.69) is 15.3 Å². The summed E-state index contributed by atoms with van der Waals surface area (Å²) in [5.41, 5.74) is 2.11. The van der Waals surface area contributed by atoms with Crippen molar-refractivity contribution in [3.63, 3.8) is 0 Å². The standard InChI is InChI=1S/C20H21N3O3/c1-26-17-6-7-18-15(13-17)12-14(20(25)23-18)5-8-19(24)22-11-9-16-4-2-3-10-21-16/h2-4,6-7,10,12-13H,5,8-9,11H2,1H3,(H,22,24)(H,23,25). The van der Waals surface area contributed by atoms with Gasteiger partial charge >= 0.3 is 0 Å². The van der Waals surface area contributed by atoms with Crippen LogP contribution >= 0.6 is 0 Å². The summed E-state index contributed by atoms with van der Waals surface area (Å²) >= 11 is 0. The highest BCUT2D eigenvalue weighted by Gasteiger charge is 2.07. The molecule has 3 rings (SSSR count). The molecule has 6 heteroatoms. The second-order valence-corrected chi connectivity index (χ2v) is 6.00. The van der Waals surface area contributed by atoms with Gasteiger partial charge in [-0.1, -0.05) is 6.07 Å². The first kappa shape index (κ1) is 17.7. The Kier molecular flexibility index (Phi) is 5.63. The van der Waals surface area contributed by atoms with Gasteiger partial charge in [-0.3, -0.25) is 14.6 Å². The molecule has 2 aromatic heterocycles. The summed E-state index contributed by atoms with van der Waals surface area (Å²) in [6, 6.07) is 13.0. The van der Waals surface area contributed by atoms with Crippen LogP contribution in [0.15, 0.2) is 53.5 Å². The lowest BCUT2D eigenvalue weighted by Gasteiger charge is -2.07. The molecule has 0 bridgehead atoms. The van der Waals surface area contributed by atoms with Crippen LogP contribution in [0.3, 0.4) is 0 Å². The van der Waals surface area contributed by atoms with E-state index in [0.29, 0.717) is 24.9 Å². The average molecular weight is 351 g/mol. The highest BCUT2D eigenvalue weighted by molar-refractivity contribution is 5.81. The molecule has 0 spiro atoms. The van der Waals surface area contributed by atoms with Gasteiger partial charge in [0.15, 0.2) is 0 Å². The van der Waals surface area contributed by atoms with Crippen LogP contribution in [0.5, 0.6) is 5.75 Å². The number of rotatable bonds is 7. The lowest BCUT2D eigenvalue weighted by molar-refractivity contribution is -0.121. The number of methoxy groups -OCH3 is 1. The molecule has 6 nitrogen and oxygen atoms in total. The molecule has 0 saturated heterocycles. The Morgan fingerprint density at radius 3 is 2.85 bits per heavy atom. The molecule has 2 N–H and O–H groups in total. The van der Waals surface area contributed by atoms with E-state index in [1.807, 2.05) is 36.4 Å². The van der Waals surface area contributed by atoms with Crippen molar-refractivity contribution in [3.05, 3.63) is 70.3 Å². The van der Waals surface area contributed by atoms with Crippen LogP contribution in [0.4, 0.5) is 0 Å². The van der Waals surface area contributed by atoms with Crippen LogP contribution in [-0.4, -0.2) is 29.5 Å². The molecule has 0 fully saturated rings. The van der Waals surface area contributed by atoms with E-state index in [1.54, 1.807) is 19.4 Å². The Morgan fingerprint density at radius 1 is 1.19 bits per heavy atom. The number of aryl methyl sites for hydroxylation is 1. The van der Waals surface area contributed by atoms with E-state index in [0.717, 1.165) is 22.3 Å². The lowest BCUT2D eigenvalue weighted by atomic mass is 10.1. The van der Waals surface area contributed by atoms with Gasteiger partial charge in [-0.2, -0.15) is 0 Å². The molecule has 0 aliphatic carbocycles. The van der Waals surface area contributed by atoms with Crippen molar-refractivity contribution in [1.29, 1.82) is 0 Å². The Bertz CT molecular complexity index is 951. The summed E-state index contributed by atoms with van der Waals surface area (Å²) in [5, 5.41) is 3.75. The highest BCUT2D eigenvalue weighted by atomic mass is 16.5. The zero-order valence-electron chi connectivity index (χ0n) is 14.6. The fourth-order valence-corrected chi connectivity index (χ4v) is 2.76. The van der Waals surface area contributed by atoms with E-state index in [9.17, 15) is 9.59 Å². The predicted octanol–water partition coefficient (Wildman–Crippen LogP) is 2.22. The summed E-state index contributed by atoms with van der Waals surface area (Å²) in [6.07, 6.45) is 3.07. The number of carbonyl (C=O) groups is 1. The number of nitrogens with zero attached hydrogens (tertiary/aromatic N) is 1. The van der Waals surface area contributed by atoms with Crippen molar-refractivity contribution < 1.29 is 9.53 Å². The lowest BCUT2D eigenvalue weighted by Crippen LogP contribution is -2.26. The van der Waals surface area contributed by atoms with E-state index in [1.165, 1.54) is 0 Å². The Hall–Kier alpha value is -3.15. The minimum atomic E-state index is -0.163. The maximum Gasteiger partial charge on any atom is 0.251 e. The van der Waals surface area contributed by atoms with Gasteiger partial charge in [-0.05, 0) is 42.8 Å². The summed E-state index contributed by atoms with van der Waals surface area (Å²) in [7, 11) is 1.60. The first-order valence-corrected chi connectivity index (χ1v) is 8.52. The summed E-state index contributed by atoms with van der Waals surface area (Å²) in [6.45, 7) is 0.529. The maximum absolute atomic E-state index is 12.2. The van der Waals surface area contributed by atoms with Crippen LogP contribution < -0.4 is 15.6 Å². The normalized spacial score (nSPS) is 10.7. The van der Waals surface area contributed by atoms with Crippen LogP contribution in [0.25, 0.3) is 10.9 Å². The minimum absolute atomic E-state index is 0.0777. The van der Waals surface area contributed by atoms with E-state index in [-0.39, 0.29) is 17.9 Å². The van der Waals surface area contributed by atoms with Crippen molar-refractivity contribution in [2.45, 2.75) is 19.3 Å². The molecular formula is C20H21N3O3. The molecule has 0 unspecified atom stereocenters. The molecule has 0 aliphatic heterocycles. The summed E-state index contributed by atoms with van der Waals surface area (Å²) in [5.74, 6) is 0.647. The number of benzene rings is 1. The Balaban J connectivity index is 1.57. The van der Waals surface area contributed by atoms with Crippen molar-refractivity contribution in [2.24, 2.45) is 0 Å². The van der Waals surface area contributed by atoms with Gasteiger partial charge < -0.3 is 15.0 Å². The van der Waals surface area contributed by atoms with Gasteiger partial charge in [-0.15, -0.1) is 0 Å². The molecule has 1 amide bonds. The largest absolute Gasteiger partial charge is 0.497 e. The first-order chi connectivity index (χ1) is 12.7. The molecule has 0 saturated carbocycles. The van der Waals surface area contributed by atoms with Gasteiger partial charge in [-0.25, -0.2) is 0 Å². The average Bonchev–Trinajstić information content (AvgIpc) is 2.67. The topological polar surface area (TPSA) is 84.1 Å². The molecule has 3 aromatic rings. The van der Waals surface area contributed by atoms with Crippen LogP contribution in [0, 0.1) is 0 Å². The first-order valence-electron chi connectivity index (χ1n) is 8.52. The number of ether oxygens (including phenoxy) is 1. The van der Waals surface area contributed by atoms with Crippen LogP contribution in [-0.2, 0) is 17.6 Å². The predicted molar refractivity (Wildman–Crippen MR) is 100 cm³/mol. The number of pyridine rings is 2. The summed E-state index contributed by atoms with van der Waals surface area (Å²) < 4.78 is 5.21. The third-order valence-corrected chi connectivity index (χ3v) is 4.18. The van der Waals surface area contributed by atoms with Crippen molar-refractivity contribution in [3.8, 4) is 5.75 Å². The van der Waals surface area contributed by atoms with Crippen molar-refractivity contribution >= 4 is 16.8 Å². The zero-order chi connectivity index (χ0) is 18.4. The molecule has 0 aliphatic rings. The molecule has 1 aromatic carbocycles. The monoisotopic (exact) mass is 351 g/mol. The van der Waals surface area contributed by atoms with E-state index < -0.39 is 0 Å². The number of amides is 1. The zero-order valence-corrected chi connectivity index (χ0v) is 14.6. The van der Waals surface area contributed by atoms with Gasteiger partial charge in [0.1, 0.15) is 5.75 Å². The maximum atomic E-state index is 12.2. The molecule has 0 atom stereocenters. The van der Waals surface area contributed by atoms with E-state index >= 15 is 0 Å². The third kappa shape index (κ3) is 4.47. The number of carbonyl (C=O) groups excluding carboxylic acids is 1. The SMILES string of the molecule is COc1ccc2[nH]c(=O)c(CCC(=O)NCCc3ccccn3)cc2c1. The number of hydrogen-bond donors (Lipinski definition) is 2. The van der Waals surface area contributed by atoms with Crippen LogP contribution in [0.1, 0.15) is 17.7 Å². The minimum Gasteiger partial charge on any atom is -0.497 e. The number of nitrogens with one attached hydrogen (secondary N) is 2. The van der Waals surface area contributed by atoms with Gasteiger partial charge in [0.05, 0.1) is 7.11 Å². The van der Waals surface area contributed by atoms with Crippen molar-refractivity contribution in [1.82, 2.24) is 15.3 Å². The molecule has 2 heterocycles. The smallest absolute Gasteiger partial charge is 0.251 e. The van der Waals surface area contributed by atoms with Gasteiger partial charge in [0, 0.05) is 47.7 Å². The highest BCUT2D eigenvalue weighted by Crippen LogP contribution is 2.19. The molecular weight excluding hydrogens is 330 g/mol. The Morgan fingerprint density at radius 2 is 2.08 bits per heavy atom. The Labute approximate surface area is 151 Å². The quantitative estimate of drug-likeness (QED) is 0.684.